The van der Waals surface area contributed by atoms with Gasteiger partial charge in [0.25, 0.3) is 15.9 Å². The molecule has 0 saturated carbocycles. The lowest BCUT2D eigenvalue weighted by molar-refractivity contribution is -0.114. The van der Waals surface area contributed by atoms with E-state index in [0.717, 1.165) is 17.3 Å². The van der Waals surface area contributed by atoms with E-state index in [1.54, 1.807) is 11.5 Å². The number of amidine groups is 1. The third-order valence-electron chi connectivity index (χ3n) is 4.02. The van der Waals surface area contributed by atoms with Crippen LogP contribution in [0.15, 0.2) is 68.1 Å². The summed E-state index contributed by atoms with van der Waals surface area (Å²) in [5.41, 5.74) is 1.22. The van der Waals surface area contributed by atoms with Gasteiger partial charge in [0, 0.05) is 6.54 Å². The predicted molar refractivity (Wildman–Crippen MR) is 102 cm³/mol. The Kier molecular flexibility index (Phi) is 4.66. The summed E-state index contributed by atoms with van der Waals surface area (Å²) in [6.45, 7) is 0.154. The van der Waals surface area contributed by atoms with E-state index in [1.165, 1.54) is 12.5 Å². The molecule has 0 saturated heterocycles. The van der Waals surface area contributed by atoms with Crippen LogP contribution in [0.25, 0.3) is 0 Å². The number of hydrogen-bond donors (Lipinski definition) is 1. The Labute approximate surface area is 159 Å². The normalized spacial score (nSPS) is 21.1. The van der Waals surface area contributed by atoms with E-state index >= 15 is 0 Å². The highest BCUT2D eigenvalue weighted by molar-refractivity contribution is 8.16. The minimum absolute atomic E-state index is 0.154. The molecule has 10 heteroatoms. The lowest BCUT2D eigenvalue weighted by Crippen LogP contribution is -2.38. The van der Waals surface area contributed by atoms with Crippen molar-refractivity contribution in [1.29, 1.82) is 0 Å². The number of aromatic nitrogens is 1. The van der Waals surface area contributed by atoms with E-state index in [-0.39, 0.29) is 18.3 Å². The average molecular weight is 402 g/mol. The Morgan fingerprint density at radius 2 is 2.11 bits per heavy atom. The van der Waals surface area contributed by atoms with Gasteiger partial charge in [-0.05, 0) is 17.0 Å². The number of nitrogens with zero attached hydrogens (tertiary/aromatic N) is 3. The number of amides is 1. The summed E-state index contributed by atoms with van der Waals surface area (Å²) in [4.78, 5) is 20.7. The van der Waals surface area contributed by atoms with Crippen LogP contribution in [-0.4, -0.2) is 42.0 Å². The molecule has 3 heterocycles. The summed E-state index contributed by atoms with van der Waals surface area (Å²) in [5.74, 6) is -0.913. The molecule has 4 rings (SSSR count). The van der Waals surface area contributed by atoms with Gasteiger partial charge in [-0.2, -0.15) is 0 Å². The van der Waals surface area contributed by atoms with Crippen molar-refractivity contribution in [3.63, 3.8) is 0 Å². The molecule has 0 bridgehead atoms. The lowest BCUT2D eigenvalue weighted by atomic mass is 9.99. The van der Waals surface area contributed by atoms with Crippen molar-refractivity contribution < 1.29 is 17.6 Å². The van der Waals surface area contributed by atoms with Gasteiger partial charge in [-0.1, -0.05) is 30.3 Å². The van der Waals surface area contributed by atoms with Gasteiger partial charge in [-0.15, -0.1) is 16.2 Å². The summed E-state index contributed by atoms with van der Waals surface area (Å²) in [6.07, 6.45) is 4.57. The van der Waals surface area contributed by atoms with Crippen LogP contribution in [0.1, 0.15) is 17.4 Å². The van der Waals surface area contributed by atoms with Gasteiger partial charge in [0.05, 0.1) is 17.8 Å². The maximum absolute atomic E-state index is 12.5. The van der Waals surface area contributed by atoms with Crippen molar-refractivity contribution >= 4 is 39.2 Å². The number of fused-ring (bicyclic) bond motifs is 1. The molecular weight excluding hydrogens is 388 g/mol. The number of sulfonamides is 1. The topological polar surface area (TPSA) is 114 Å². The first kappa shape index (κ1) is 17.7. The molecule has 0 spiro atoms. The minimum Gasteiger partial charge on any atom is -0.448 e. The van der Waals surface area contributed by atoms with E-state index in [0.29, 0.717) is 11.6 Å². The number of thioether (sulfide) groups is 1. The molecule has 2 aliphatic heterocycles. The Bertz CT molecular complexity index is 1040. The van der Waals surface area contributed by atoms with E-state index in [9.17, 15) is 13.2 Å². The van der Waals surface area contributed by atoms with Crippen molar-refractivity contribution in [3.05, 3.63) is 65.7 Å². The highest BCUT2D eigenvalue weighted by atomic mass is 32.3. The quantitative estimate of drug-likeness (QED) is 0.814. The smallest absolute Gasteiger partial charge is 0.289 e. The molecule has 1 aromatic carbocycles. The van der Waals surface area contributed by atoms with Gasteiger partial charge in [0.15, 0.2) is 4.58 Å². The van der Waals surface area contributed by atoms with Crippen LogP contribution in [0.2, 0.25) is 0 Å². The van der Waals surface area contributed by atoms with Gasteiger partial charge in [-0.3, -0.25) is 4.79 Å². The third-order valence-corrected chi connectivity index (χ3v) is 7.08. The molecule has 1 aromatic heterocycles. The lowest BCUT2D eigenvalue weighted by Gasteiger charge is -2.17. The number of rotatable bonds is 5. The molecule has 0 fully saturated rings. The molecule has 1 N–H and O–H groups in total. The first-order chi connectivity index (χ1) is 13.0. The van der Waals surface area contributed by atoms with Crippen LogP contribution < -0.4 is 5.32 Å². The molecule has 27 heavy (non-hydrogen) atoms. The molecule has 138 valence electrons. The molecular formula is C17H14N4O4S2. The van der Waals surface area contributed by atoms with Crippen LogP contribution in [0.3, 0.4) is 0 Å². The third kappa shape index (κ3) is 3.58. The van der Waals surface area contributed by atoms with E-state index < -0.39 is 20.5 Å². The van der Waals surface area contributed by atoms with Gasteiger partial charge < -0.3 is 9.73 Å². The molecule has 8 nitrogen and oxygen atoms in total. The predicted octanol–water partition coefficient (Wildman–Crippen LogP) is 1.69. The summed E-state index contributed by atoms with van der Waals surface area (Å²) < 4.78 is 32.5. The molecule has 1 unspecified atom stereocenters. The van der Waals surface area contributed by atoms with Crippen molar-refractivity contribution in [2.45, 2.75) is 10.5 Å². The number of benzene rings is 1. The average Bonchev–Trinajstić information content (AvgIpc) is 3.34. The number of aliphatic imine (C=N–C) groups is 1. The number of hydrogen-bond acceptors (Lipinski definition) is 7. The largest absolute Gasteiger partial charge is 0.448 e. The van der Waals surface area contributed by atoms with Crippen LogP contribution >= 0.6 is 11.8 Å². The summed E-state index contributed by atoms with van der Waals surface area (Å²) in [7, 11) is -3.82. The van der Waals surface area contributed by atoms with Crippen LogP contribution in [0.5, 0.6) is 0 Å². The second-order valence-corrected chi connectivity index (χ2v) is 8.78. The van der Waals surface area contributed by atoms with Gasteiger partial charge >= 0.3 is 0 Å². The zero-order valence-corrected chi connectivity index (χ0v) is 15.5. The Hall–Kier alpha value is -2.72. The van der Waals surface area contributed by atoms with Crippen LogP contribution in [-0.2, 0) is 14.8 Å². The van der Waals surface area contributed by atoms with E-state index in [4.69, 9.17) is 4.42 Å². The fraction of sp³-hybridized carbons (Fsp3) is 0.176. The fourth-order valence-corrected chi connectivity index (χ4v) is 5.17. The van der Waals surface area contributed by atoms with Crippen LogP contribution in [0.4, 0.5) is 0 Å². The first-order valence-electron chi connectivity index (χ1n) is 8.01. The zero-order valence-electron chi connectivity index (χ0n) is 13.8. The molecule has 1 amide bonds. The highest BCUT2D eigenvalue weighted by Gasteiger charge is 2.37. The number of oxazole rings is 1. The van der Waals surface area contributed by atoms with E-state index in [1.807, 2.05) is 30.3 Å². The highest BCUT2D eigenvalue weighted by Crippen LogP contribution is 2.30. The number of nitrogens with one attached hydrogen (secondary N) is 1. The van der Waals surface area contributed by atoms with Crippen LogP contribution in [0, 0.1) is 0 Å². The molecule has 2 atom stereocenters. The first-order valence-corrected chi connectivity index (χ1v) is 10.5. The maximum Gasteiger partial charge on any atom is 0.289 e. The summed E-state index contributed by atoms with van der Waals surface area (Å²) in [5, 5.41) is 4.32. The summed E-state index contributed by atoms with van der Waals surface area (Å²) >= 11 is 1.10. The van der Waals surface area contributed by atoms with Gasteiger partial charge in [-0.25, -0.2) is 18.4 Å². The standard InChI is InChI=1S/C17H14N4O4S2/c22-15(14-20-13-6-9-26-17(13)27(23,24)21-14)19-10-12(16-18-7-8-25-16)11-4-2-1-3-5-11/h1-9,12,17H,10H2,(H,19,22)/t12-,17?/m1/s1. The minimum atomic E-state index is -3.82. The Balaban J connectivity index is 1.54. The second kappa shape index (κ2) is 7.12. The van der Waals surface area contributed by atoms with E-state index in [2.05, 4.69) is 19.7 Å². The number of carbonyl (C=O) groups excluding carboxylic acids is 1. The van der Waals surface area contributed by atoms with Crippen molar-refractivity contribution in [3.8, 4) is 0 Å². The van der Waals surface area contributed by atoms with Crippen molar-refractivity contribution in [2.75, 3.05) is 6.54 Å². The van der Waals surface area contributed by atoms with Gasteiger partial charge in [0.1, 0.15) is 6.26 Å². The second-order valence-electron chi connectivity index (χ2n) is 5.78. The number of allylic oxidation sites excluding steroid dienone is 1. The SMILES string of the molecule is O=C(NC[C@H](c1ccccc1)c1ncco1)C1=NS(=O)(=O)C2SC=CC2=N1. The molecule has 2 aromatic rings. The van der Waals surface area contributed by atoms with Gasteiger partial charge in [0.2, 0.25) is 11.7 Å². The molecule has 0 radical (unpaired) electrons. The maximum atomic E-state index is 12.5. The Morgan fingerprint density at radius 1 is 1.30 bits per heavy atom. The number of carbonyl (C=O) groups is 1. The summed E-state index contributed by atoms with van der Waals surface area (Å²) in [6, 6.07) is 9.43. The van der Waals surface area contributed by atoms with Crippen molar-refractivity contribution in [1.82, 2.24) is 10.3 Å². The molecule has 0 aliphatic carbocycles. The Morgan fingerprint density at radius 3 is 2.85 bits per heavy atom. The van der Waals surface area contributed by atoms with Crippen molar-refractivity contribution in [2.24, 2.45) is 9.39 Å². The fourth-order valence-electron chi connectivity index (χ4n) is 2.76. The monoisotopic (exact) mass is 402 g/mol. The zero-order chi connectivity index (χ0) is 18.9. The molecule has 2 aliphatic rings.